The largest absolute Gasteiger partial charge is 0.387 e. The number of ether oxygens (including phenoxy) is 2. The van der Waals surface area contributed by atoms with Crippen LogP contribution < -0.4 is 0 Å². The Morgan fingerprint density at radius 1 is 1.24 bits per heavy atom. The number of hydrogen-bond acceptors (Lipinski definition) is 4. The van der Waals surface area contributed by atoms with Crippen molar-refractivity contribution in [2.45, 2.75) is 31.3 Å². The van der Waals surface area contributed by atoms with Gasteiger partial charge in [0.15, 0.2) is 12.5 Å². The highest BCUT2D eigenvalue weighted by molar-refractivity contribution is 5.13. The lowest BCUT2D eigenvalue weighted by Gasteiger charge is -2.13. The molecule has 1 fully saturated rings. The van der Waals surface area contributed by atoms with Gasteiger partial charge in [-0.05, 0) is 5.56 Å². The van der Waals surface area contributed by atoms with E-state index in [0.29, 0.717) is 6.61 Å². The first-order valence-electron chi connectivity index (χ1n) is 5.46. The van der Waals surface area contributed by atoms with Gasteiger partial charge in [-0.2, -0.15) is 0 Å². The molecule has 0 saturated carbocycles. The van der Waals surface area contributed by atoms with E-state index in [9.17, 15) is 9.50 Å². The van der Waals surface area contributed by atoms with Gasteiger partial charge in [0.1, 0.15) is 12.2 Å². The van der Waals surface area contributed by atoms with Crippen LogP contribution in [0.2, 0.25) is 0 Å². The van der Waals surface area contributed by atoms with E-state index < -0.39 is 24.7 Å². The first-order chi connectivity index (χ1) is 8.18. The second kappa shape index (κ2) is 5.55. The fraction of sp³-hybridized carbons (Fsp3) is 0.500. The summed E-state index contributed by atoms with van der Waals surface area (Å²) in [6, 6.07) is 9.48. The summed E-state index contributed by atoms with van der Waals surface area (Å²) < 4.78 is 23.2. The zero-order chi connectivity index (χ0) is 12.3. The van der Waals surface area contributed by atoms with Crippen molar-refractivity contribution in [3.8, 4) is 0 Å². The molecule has 1 aliphatic heterocycles. The number of benzene rings is 1. The topological polar surface area (TPSA) is 58.9 Å². The molecule has 1 aromatic rings. The maximum atomic E-state index is 13.0. The zero-order valence-electron chi connectivity index (χ0n) is 9.20. The maximum Gasteiger partial charge on any atom is 0.189 e. The van der Waals surface area contributed by atoms with Gasteiger partial charge in [0.25, 0.3) is 0 Å². The van der Waals surface area contributed by atoms with E-state index in [1.165, 1.54) is 0 Å². The Morgan fingerprint density at radius 3 is 2.53 bits per heavy atom. The van der Waals surface area contributed by atoms with Gasteiger partial charge in [-0.1, -0.05) is 30.3 Å². The lowest BCUT2D eigenvalue weighted by atomic mass is 10.2. The first kappa shape index (κ1) is 12.4. The SMILES string of the molecule is OC1OC(COCc2ccccc2)C(O)C1F. The van der Waals surface area contributed by atoms with E-state index in [1.807, 2.05) is 30.3 Å². The molecule has 4 atom stereocenters. The highest BCUT2D eigenvalue weighted by atomic mass is 19.1. The lowest BCUT2D eigenvalue weighted by Crippen LogP contribution is -2.31. The molecule has 0 aromatic heterocycles. The van der Waals surface area contributed by atoms with Crippen molar-refractivity contribution < 1.29 is 24.1 Å². The Labute approximate surface area is 98.6 Å². The smallest absolute Gasteiger partial charge is 0.189 e. The number of halogens is 1. The van der Waals surface area contributed by atoms with Crippen LogP contribution in [-0.4, -0.2) is 41.5 Å². The van der Waals surface area contributed by atoms with E-state index in [4.69, 9.17) is 14.6 Å². The predicted molar refractivity (Wildman–Crippen MR) is 57.9 cm³/mol. The molecule has 5 heteroatoms. The summed E-state index contributed by atoms with van der Waals surface area (Å²) in [6.07, 6.45) is -5.47. The van der Waals surface area contributed by atoms with E-state index in [1.54, 1.807) is 0 Å². The van der Waals surface area contributed by atoms with E-state index in [-0.39, 0.29) is 6.61 Å². The Morgan fingerprint density at radius 2 is 1.94 bits per heavy atom. The third-order valence-electron chi connectivity index (χ3n) is 2.69. The van der Waals surface area contributed by atoms with Crippen molar-refractivity contribution in [2.24, 2.45) is 0 Å². The molecule has 1 saturated heterocycles. The minimum absolute atomic E-state index is 0.0491. The van der Waals surface area contributed by atoms with Crippen LogP contribution in [0, 0.1) is 0 Å². The summed E-state index contributed by atoms with van der Waals surface area (Å²) >= 11 is 0. The molecule has 0 bridgehead atoms. The normalized spacial score (nSPS) is 32.9. The molecule has 0 amide bonds. The Balaban J connectivity index is 1.76. The molecule has 1 aromatic carbocycles. The van der Waals surface area contributed by atoms with Crippen molar-refractivity contribution in [1.29, 1.82) is 0 Å². The van der Waals surface area contributed by atoms with Crippen molar-refractivity contribution in [3.05, 3.63) is 35.9 Å². The van der Waals surface area contributed by atoms with Gasteiger partial charge in [-0.3, -0.25) is 0 Å². The van der Waals surface area contributed by atoms with Gasteiger partial charge >= 0.3 is 0 Å². The maximum absolute atomic E-state index is 13.0. The fourth-order valence-electron chi connectivity index (χ4n) is 1.71. The fourth-order valence-corrected chi connectivity index (χ4v) is 1.71. The average Bonchev–Trinajstić information content (AvgIpc) is 2.59. The van der Waals surface area contributed by atoms with E-state index >= 15 is 0 Å². The van der Waals surface area contributed by atoms with Gasteiger partial charge < -0.3 is 19.7 Å². The molecule has 4 unspecified atom stereocenters. The van der Waals surface area contributed by atoms with Crippen LogP contribution in [0.4, 0.5) is 4.39 Å². The number of alkyl halides is 1. The average molecular weight is 242 g/mol. The van der Waals surface area contributed by atoms with Crippen molar-refractivity contribution in [3.63, 3.8) is 0 Å². The van der Waals surface area contributed by atoms with E-state index in [0.717, 1.165) is 5.56 Å². The molecule has 2 N–H and O–H groups in total. The minimum atomic E-state index is -1.76. The second-order valence-corrected chi connectivity index (χ2v) is 4.00. The summed E-state index contributed by atoms with van der Waals surface area (Å²) in [7, 11) is 0. The second-order valence-electron chi connectivity index (χ2n) is 4.00. The predicted octanol–water partition coefficient (Wildman–Crippen LogP) is 0.619. The van der Waals surface area contributed by atoms with Gasteiger partial charge in [0.2, 0.25) is 0 Å². The Kier molecular flexibility index (Phi) is 4.06. The Bertz CT molecular complexity index is 346. The molecule has 1 heterocycles. The molecule has 0 aliphatic carbocycles. The molecule has 0 radical (unpaired) electrons. The molecule has 0 spiro atoms. The number of aliphatic hydroxyl groups is 2. The molecule has 17 heavy (non-hydrogen) atoms. The van der Waals surface area contributed by atoms with Crippen molar-refractivity contribution in [1.82, 2.24) is 0 Å². The minimum Gasteiger partial charge on any atom is -0.387 e. The summed E-state index contributed by atoms with van der Waals surface area (Å²) in [5, 5.41) is 18.4. The van der Waals surface area contributed by atoms with Crippen LogP contribution >= 0.6 is 0 Å². The number of rotatable bonds is 4. The molecule has 4 nitrogen and oxygen atoms in total. The van der Waals surface area contributed by atoms with Gasteiger partial charge in [0, 0.05) is 0 Å². The first-order valence-corrected chi connectivity index (χ1v) is 5.46. The van der Waals surface area contributed by atoms with Gasteiger partial charge in [0.05, 0.1) is 13.2 Å². The third-order valence-corrected chi connectivity index (χ3v) is 2.69. The van der Waals surface area contributed by atoms with Gasteiger partial charge in [-0.15, -0.1) is 0 Å². The van der Waals surface area contributed by atoms with Crippen LogP contribution in [0.15, 0.2) is 30.3 Å². The van der Waals surface area contributed by atoms with Crippen LogP contribution in [0.1, 0.15) is 5.56 Å². The molecule has 1 aliphatic rings. The lowest BCUT2D eigenvalue weighted by molar-refractivity contribution is -0.127. The number of hydrogen-bond donors (Lipinski definition) is 2. The summed E-state index contributed by atoms with van der Waals surface area (Å²) in [6.45, 7) is 0.411. The summed E-state index contributed by atoms with van der Waals surface area (Å²) in [5.41, 5.74) is 0.984. The third kappa shape index (κ3) is 3.01. The van der Waals surface area contributed by atoms with Crippen LogP contribution in [0.3, 0.4) is 0 Å². The van der Waals surface area contributed by atoms with Crippen molar-refractivity contribution in [2.75, 3.05) is 6.61 Å². The van der Waals surface area contributed by atoms with Crippen LogP contribution in [-0.2, 0) is 16.1 Å². The van der Waals surface area contributed by atoms with Crippen LogP contribution in [0.5, 0.6) is 0 Å². The van der Waals surface area contributed by atoms with E-state index in [2.05, 4.69) is 0 Å². The monoisotopic (exact) mass is 242 g/mol. The number of aliphatic hydroxyl groups excluding tert-OH is 2. The standard InChI is InChI=1S/C12H15FO4/c13-10-11(14)9(17-12(10)15)7-16-6-8-4-2-1-3-5-8/h1-5,9-12,14-15H,6-7H2. The molecular formula is C12H15FO4. The Hall–Kier alpha value is -1.01. The highest BCUT2D eigenvalue weighted by Gasteiger charge is 2.43. The highest BCUT2D eigenvalue weighted by Crippen LogP contribution is 2.22. The van der Waals surface area contributed by atoms with Crippen molar-refractivity contribution >= 4 is 0 Å². The van der Waals surface area contributed by atoms with Gasteiger partial charge in [-0.25, -0.2) is 4.39 Å². The molecule has 2 rings (SSSR count). The quantitative estimate of drug-likeness (QED) is 0.812. The molecular weight excluding hydrogens is 227 g/mol. The van der Waals surface area contributed by atoms with Crippen LogP contribution in [0.25, 0.3) is 0 Å². The molecule has 94 valence electrons. The zero-order valence-corrected chi connectivity index (χ0v) is 9.20. The summed E-state index contributed by atoms with van der Waals surface area (Å²) in [5.74, 6) is 0. The summed E-state index contributed by atoms with van der Waals surface area (Å²) in [4.78, 5) is 0.